The average molecular weight is 352 g/mol. The molecule has 128 valence electrons. The Morgan fingerprint density at radius 3 is 2.54 bits per heavy atom. The molecular formula is C16H17FN2O4S. The van der Waals surface area contributed by atoms with Crippen molar-refractivity contribution in [2.24, 2.45) is 0 Å². The van der Waals surface area contributed by atoms with Gasteiger partial charge in [-0.1, -0.05) is 18.2 Å². The predicted molar refractivity (Wildman–Crippen MR) is 87.7 cm³/mol. The lowest BCUT2D eigenvalue weighted by Crippen LogP contribution is -2.24. The van der Waals surface area contributed by atoms with Gasteiger partial charge in [-0.2, -0.15) is 0 Å². The summed E-state index contributed by atoms with van der Waals surface area (Å²) >= 11 is 0. The highest BCUT2D eigenvalue weighted by atomic mass is 32.2. The van der Waals surface area contributed by atoms with E-state index in [0.717, 1.165) is 0 Å². The third-order valence-corrected chi connectivity index (χ3v) is 4.60. The van der Waals surface area contributed by atoms with Crippen LogP contribution >= 0.6 is 0 Å². The van der Waals surface area contributed by atoms with Gasteiger partial charge in [-0.25, -0.2) is 17.5 Å². The van der Waals surface area contributed by atoms with Crippen LogP contribution in [0.25, 0.3) is 0 Å². The van der Waals surface area contributed by atoms with Crippen molar-refractivity contribution in [3.63, 3.8) is 0 Å². The quantitative estimate of drug-likeness (QED) is 0.835. The molecule has 0 aliphatic rings. The fourth-order valence-electron chi connectivity index (χ4n) is 2.04. The van der Waals surface area contributed by atoms with Crippen LogP contribution in [0.5, 0.6) is 5.75 Å². The molecule has 0 unspecified atom stereocenters. The molecule has 2 aromatic carbocycles. The van der Waals surface area contributed by atoms with Crippen LogP contribution in [0.2, 0.25) is 0 Å². The van der Waals surface area contributed by atoms with Gasteiger partial charge in [-0.3, -0.25) is 4.79 Å². The summed E-state index contributed by atoms with van der Waals surface area (Å²) in [6.07, 6.45) is 0. The Bertz CT molecular complexity index is 853. The molecule has 6 nitrogen and oxygen atoms in total. The highest BCUT2D eigenvalue weighted by molar-refractivity contribution is 7.89. The first kappa shape index (κ1) is 17.9. The van der Waals surface area contributed by atoms with Crippen LogP contribution in [-0.2, 0) is 21.4 Å². The maximum Gasteiger partial charge on any atom is 0.240 e. The monoisotopic (exact) mass is 352 g/mol. The second-order valence-corrected chi connectivity index (χ2v) is 6.73. The maximum atomic E-state index is 13.6. The average Bonchev–Trinajstić information content (AvgIpc) is 2.53. The Balaban J connectivity index is 2.25. The van der Waals surface area contributed by atoms with Crippen molar-refractivity contribution < 1.29 is 22.3 Å². The lowest BCUT2D eigenvalue weighted by molar-refractivity contribution is -0.114. The molecule has 1 amide bonds. The first-order valence-corrected chi connectivity index (χ1v) is 8.50. The fraction of sp³-hybridized carbons (Fsp3) is 0.188. The predicted octanol–water partition coefficient (Wildman–Crippen LogP) is 2.27. The summed E-state index contributed by atoms with van der Waals surface area (Å²) in [5.41, 5.74) is 0.468. The first-order valence-electron chi connectivity index (χ1n) is 7.02. The number of carbonyl (C=O) groups excluding carboxylic acids is 1. The molecule has 0 fully saturated rings. The molecule has 0 spiro atoms. The minimum atomic E-state index is -3.88. The van der Waals surface area contributed by atoms with E-state index < -0.39 is 15.8 Å². The van der Waals surface area contributed by atoms with Crippen molar-refractivity contribution in [3.8, 4) is 5.75 Å². The van der Waals surface area contributed by atoms with E-state index >= 15 is 0 Å². The maximum absolute atomic E-state index is 13.6. The number of carbonyl (C=O) groups is 1. The topological polar surface area (TPSA) is 84.5 Å². The summed E-state index contributed by atoms with van der Waals surface area (Å²) in [4.78, 5) is 11.2. The van der Waals surface area contributed by atoms with Crippen LogP contribution in [0.3, 0.4) is 0 Å². The highest BCUT2D eigenvalue weighted by Crippen LogP contribution is 2.27. The third kappa shape index (κ3) is 4.30. The van der Waals surface area contributed by atoms with Crippen molar-refractivity contribution >= 4 is 21.6 Å². The van der Waals surface area contributed by atoms with Gasteiger partial charge >= 0.3 is 0 Å². The standard InChI is InChI=1S/C16H17FN2O4S/c1-11(20)19-15-9-13(7-8-16(15)23-2)24(21,22)18-10-12-5-3-4-6-14(12)17/h3-9,18H,10H2,1-2H3,(H,19,20). The molecule has 0 atom stereocenters. The van der Waals surface area contributed by atoms with Gasteiger partial charge in [0, 0.05) is 19.0 Å². The number of hydrogen-bond acceptors (Lipinski definition) is 4. The molecule has 24 heavy (non-hydrogen) atoms. The number of sulfonamides is 1. The fourth-order valence-corrected chi connectivity index (χ4v) is 3.07. The Morgan fingerprint density at radius 2 is 1.92 bits per heavy atom. The SMILES string of the molecule is COc1ccc(S(=O)(=O)NCc2ccccc2F)cc1NC(C)=O. The van der Waals surface area contributed by atoms with Gasteiger partial charge < -0.3 is 10.1 Å². The van der Waals surface area contributed by atoms with Crippen LogP contribution in [0.1, 0.15) is 12.5 Å². The van der Waals surface area contributed by atoms with Gasteiger partial charge in [-0.05, 0) is 24.3 Å². The van der Waals surface area contributed by atoms with E-state index in [-0.39, 0.29) is 28.6 Å². The lowest BCUT2D eigenvalue weighted by Gasteiger charge is -2.12. The van der Waals surface area contributed by atoms with Crippen LogP contribution < -0.4 is 14.8 Å². The molecule has 2 rings (SSSR count). The molecule has 0 bridgehead atoms. The molecule has 0 saturated carbocycles. The molecule has 0 radical (unpaired) electrons. The van der Waals surface area contributed by atoms with E-state index in [1.54, 1.807) is 6.07 Å². The summed E-state index contributed by atoms with van der Waals surface area (Å²) < 4.78 is 45.7. The Morgan fingerprint density at radius 1 is 1.21 bits per heavy atom. The second-order valence-electron chi connectivity index (χ2n) is 4.96. The second kappa shape index (κ2) is 7.41. The molecule has 0 aliphatic heterocycles. The molecule has 0 heterocycles. The van der Waals surface area contributed by atoms with Gasteiger partial charge in [0.25, 0.3) is 0 Å². The normalized spacial score (nSPS) is 11.1. The smallest absolute Gasteiger partial charge is 0.240 e. The number of anilines is 1. The van der Waals surface area contributed by atoms with E-state index in [9.17, 15) is 17.6 Å². The minimum absolute atomic E-state index is 0.0663. The van der Waals surface area contributed by atoms with Crippen molar-refractivity contribution in [2.45, 2.75) is 18.4 Å². The first-order chi connectivity index (χ1) is 11.3. The van der Waals surface area contributed by atoms with E-state index in [2.05, 4.69) is 10.0 Å². The Labute approximate surface area is 139 Å². The molecule has 0 saturated heterocycles. The zero-order chi connectivity index (χ0) is 17.7. The Kier molecular flexibility index (Phi) is 5.53. The van der Waals surface area contributed by atoms with Crippen molar-refractivity contribution in [1.29, 1.82) is 0 Å². The van der Waals surface area contributed by atoms with E-state index in [4.69, 9.17) is 4.74 Å². The number of ether oxygens (including phenoxy) is 1. The van der Waals surface area contributed by atoms with Gasteiger partial charge in [0.15, 0.2) is 0 Å². The number of hydrogen-bond donors (Lipinski definition) is 2. The number of nitrogens with one attached hydrogen (secondary N) is 2. The molecular weight excluding hydrogens is 335 g/mol. The van der Waals surface area contributed by atoms with Crippen molar-refractivity contribution in [2.75, 3.05) is 12.4 Å². The number of halogens is 1. The molecule has 8 heteroatoms. The van der Waals surface area contributed by atoms with Gasteiger partial charge in [-0.15, -0.1) is 0 Å². The van der Waals surface area contributed by atoms with E-state index in [0.29, 0.717) is 5.75 Å². The van der Waals surface area contributed by atoms with Crippen LogP contribution in [0.4, 0.5) is 10.1 Å². The van der Waals surface area contributed by atoms with Gasteiger partial charge in [0.2, 0.25) is 15.9 Å². The number of amides is 1. The van der Waals surface area contributed by atoms with E-state index in [1.807, 2.05) is 0 Å². The van der Waals surface area contributed by atoms with Crippen LogP contribution in [0, 0.1) is 5.82 Å². The third-order valence-electron chi connectivity index (χ3n) is 3.20. The zero-order valence-electron chi connectivity index (χ0n) is 13.2. The molecule has 0 aliphatic carbocycles. The number of methoxy groups -OCH3 is 1. The molecule has 2 N–H and O–H groups in total. The summed E-state index contributed by atoms with van der Waals surface area (Å²) in [6, 6.07) is 9.95. The lowest BCUT2D eigenvalue weighted by atomic mass is 10.2. The largest absolute Gasteiger partial charge is 0.495 e. The van der Waals surface area contributed by atoms with Crippen LogP contribution in [-0.4, -0.2) is 21.4 Å². The number of benzene rings is 2. The molecule has 2 aromatic rings. The van der Waals surface area contributed by atoms with Crippen molar-refractivity contribution in [1.82, 2.24) is 4.72 Å². The van der Waals surface area contributed by atoms with Crippen molar-refractivity contribution in [3.05, 3.63) is 53.8 Å². The summed E-state index contributed by atoms with van der Waals surface area (Å²) in [7, 11) is -2.47. The minimum Gasteiger partial charge on any atom is -0.495 e. The molecule has 0 aromatic heterocycles. The Hall–Kier alpha value is -2.45. The highest BCUT2D eigenvalue weighted by Gasteiger charge is 2.17. The summed E-state index contributed by atoms with van der Waals surface area (Å²) in [6.45, 7) is 1.12. The zero-order valence-corrected chi connectivity index (χ0v) is 14.0. The number of rotatable bonds is 6. The van der Waals surface area contributed by atoms with Crippen LogP contribution in [0.15, 0.2) is 47.4 Å². The summed E-state index contributed by atoms with van der Waals surface area (Å²) in [5.74, 6) is -0.519. The van der Waals surface area contributed by atoms with E-state index in [1.165, 1.54) is 50.4 Å². The summed E-state index contributed by atoms with van der Waals surface area (Å²) in [5, 5.41) is 2.50. The van der Waals surface area contributed by atoms with Gasteiger partial charge in [0.05, 0.1) is 17.7 Å². The van der Waals surface area contributed by atoms with Gasteiger partial charge in [0.1, 0.15) is 11.6 Å².